The van der Waals surface area contributed by atoms with Crippen molar-refractivity contribution in [1.82, 2.24) is 4.90 Å². The van der Waals surface area contributed by atoms with E-state index >= 15 is 0 Å². The van der Waals surface area contributed by atoms with Gasteiger partial charge in [-0.05, 0) is 41.8 Å². The summed E-state index contributed by atoms with van der Waals surface area (Å²) in [6.45, 7) is 0. The number of halogens is 1. The molecule has 1 amide bonds. The molecule has 0 spiro atoms. The Labute approximate surface area is 156 Å². The van der Waals surface area contributed by atoms with Crippen LogP contribution in [0.2, 0.25) is 5.02 Å². The van der Waals surface area contributed by atoms with Gasteiger partial charge in [0, 0.05) is 24.7 Å². The minimum Gasteiger partial charge on any atom is -0.480 e. The summed E-state index contributed by atoms with van der Waals surface area (Å²) in [4.78, 5) is 24.5. The summed E-state index contributed by atoms with van der Waals surface area (Å²) in [6, 6.07) is 15.5. The van der Waals surface area contributed by atoms with Crippen LogP contribution in [0.4, 0.5) is 4.79 Å². The number of carboxylic acid groups (broad SMARTS) is 1. The Morgan fingerprint density at radius 2 is 1.76 bits per heavy atom. The zero-order chi connectivity index (χ0) is 18.4. The number of carbonyl (C=O) groups is 2. The molecule has 4 nitrogen and oxygen atoms in total. The van der Waals surface area contributed by atoms with Crippen LogP contribution in [0, 0.1) is 0 Å². The first-order valence-corrected chi connectivity index (χ1v) is 9.09. The predicted molar refractivity (Wildman–Crippen MR) is 103 cm³/mol. The van der Waals surface area contributed by atoms with Crippen LogP contribution >= 0.6 is 23.4 Å². The van der Waals surface area contributed by atoms with Gasteiger partial charge in [-0.1, -0.05) is 54.1 Å². The normalized spacial score (nSPS) is 11.8. The molecular weight excluding hydrogens is 358 g/mol. The van der Waals surface area contributed by atoms with E-state index in [1.54, 1.807) is 14.1 Å². The van der Waals surface area contributed by atoms with Crippen molar-refractivity contribution in [2.24, 2.45) is 0 Å². The van der Waals surface area contributed by atoms with Crippen LogP contribution in [0.25, 0.3) is 11.1 Å². The summed E-state index contributed by atoms with van der Waals surface area (Å²) in [5.41, 5.74) is 3.01. The van der Waals surface area contributed by atoms with Crippen molar-refractivity contribution in [2.45, 2.75) is 18.1 Å². The Morgan fingerprint density at radius 1 is 1.12 bits per heavy atom. The highest BCUT2D eigenvalue weighted by Crippen LogP contribution is 2.28. The van der Waals surface area contributed by atoms with Gasteiger partial charge in [-0.25, -0.2) is 0 Å². The van der Waals surface area contributed by atoms with Crippen molar-refractivity contribution < 1.29 is 14.7 Å². The molecular formula is C19H20ClNO3S. The van der Waals surface area contributed by atoms with Gasteiger partial charge in [0.2, 0.25) is 0 Å². The molecule has 6 heteroatoms. The summed E-state index contributed by atoms with van der Waals surface area (Å²) in [7, 11) is 3.23. The van der Waals surface area contributed by atoms with Crippen LogP contribution in [-0.2, 0) is 11.2 Å². The third-order valence-electron chi connectivity index (χ3n) is 3.72. The van der Waals surface area contributed by atoms with E-state index in [0.717, 1.165) is 28.5 Å². The van der Waals surface area contributed by atoms with Crippen molar-refractivity contribution in [2.75, 3.05) is 14.1 Å². The van der Waals surface area contributed by atoms with Gasteiger partial charge in [0.1, 0.15) is 5.25 Å². The van der Waals surface area contributed by atoms with Crippen molar-refractivity contribution in [1.29, 1.82) is 0 Å². The molecule has 1 atom stereocenters. The summed E-state index contributed by atoms with van der Waals surface area (Å²) in [5, 5.41) is 8.99. The van der Waals surface area contributed by atoms with E-state index in [0.29, 0.717) is 17.9 Å². The van der Waals surface area contributed by atoms with E-state index in [-0.39, 0.29) is 5.24 Å². The van der Waals surface area contributed by atoms with E-state index in [9.17, 15) is 14.7 Å². The number of hydrogen-bond acceptors (Lipinski definition) is 3. The number of carbonyl (C=O) groups excluding carboxylic acids is 1. The van der Waals surface area contributed by atoms with E-state index < -0.39 is 11.2 Å². The minimum atomic E-state index is -0.965. The van der Waals surface area contributed by atoms with E-state index in [2.05, 4.69) is 0 Å². The lowest BCUT2D eigenvalue weighted by atomic mass is 10.0. The van der Waals surface area contributed by atoms with Gasteiger partial charge in [-0.3, -0.25) is 9.59 Å². The Bertz CT molecular complexity index is 747. The maximum atomic E-state index is 11.7. The number of rotatable bonds is 6. The Kier molecular flexibility index (Phi) is 6.91. The second-order valence-corrected chi connectivity index (χ2v) is 7.38. The van der Waals surface area contributed by atoms with Crippen LogP contribution in [-0.4, -0.2) is 40.6 Å². The van der Waals surface area contributed by atoms with Crippen molar-refractivity contribution in [3.05, 3.63) is 59.1 Å². The summed E-state index contributed by atoms with van der Waals surface area (Å²) in [6.07, 6.45) is 0.985. The molecule has 132 valence electrons. The van der Waals surface area contributed by atoms with Gasteiger partial charge in [-0.2, -0.15) is 0 Å². The topological polar surface area (TPSA) is 57.6 Å². The fraction of sp³-hybridized carbons (Fsp3) is 0.263. The lowest BCUT2D eigenvalue weighted by Gasteiger charge is -2.15. The SMILES string of the molecule is CN(C)C(=O)SC(CCc1ccc(-c2ccccc2Cl)cc1)C(=O)O. The minimum absolute atomic E-state index is 0.249. The maximum Gasteiger partial charge on any atom is 0.317 e. The molecule has 0 aliphatic heterocycles. The molecule has 2 rings (SSSR count). The largest absolute Gasteiger partial charge is 0.480 e. The molecule has 25 heavy (non-hydrogen) atoms. The Hall–Kier alpha value is -1.98. The fourth-order valence-corrected chi connectivity index (χ4v) is 3.34. The number of hydrogen-bond donors (Lipinski definition) is 1. The quantitative estimate of drug-likeness (QED) is 0.784. The molecule has 0 heterocycles. The van der Waals surface area contributed by atoms with Crippen LogP contribution < -0.4 is 0 Å². The number of amides is 1. The zero-order valence-electron chi connectivity index (χ0n) is 14.1. The van der Waals surface area contributed by atoms with Crippen LogP contribution in [0.3, 0.4) is 0 Å². The van der Waals surface area contributed by atoms with Gasteiger partial charge >= 0.3 is 5.97 Å². The third-order valence-corrected chi connectivity index (χ3v) is 5.34. The Morgan fingerprint density at radius 3 is 2.32 bits per heavy atom. The van der Waals surface area contributed by atoms with Crippen molar-refractivity contribution in [3.8, 4) is 11.1 Å². The van der Waals surface area contributed by atoms with Gasteiger partial charge in [0.15, 0.2) is 0 Å². The third kappa shape index (κ3) is 5.51. The molecule has 0 aliphatic rings. The van der Waals surface area contributed by atoms with Crippen molar-refractivity contribution >= 4 is 34.6 Å². The lowest BCUT2D eigenvalue weighted by Crippen LogP contribution is -2.25. The number of aryl methyl sites for hydroxylation is 1. The van der Waals surface area contributed by atoms with Gasteiger partial charge in [0.05, 0.1) is 0 Å². The zero-order valence-corrected chi connectivity index (χ0v) is 15.7. The fourth-order valence-electron chi connectivity index (χ4n) is 2.30. The Balaban J connectivity index is 2.02. The molecule has 0 aromatic heterocycles. The highest BCUT2D eigenvalue weighted by atomic mass is 35.5. The average Bonchev–Trinajstić information content (AvgIpc) is 2.59. The summed E-state index contributed by atoms with van der Waals surface area (Å²) in [5.74, 6) is -0.965. The van der Waals surface area contributed by atoms with E-state index in [1.165, 1.54) is 4.90 Å². The molecule has 0 radical (unpaired) electrons. The second-order valence-electron chi connectivity index (χ2n) is 5.82. The average molecular weight is 378 g/mol. The second kappa shape index (κ2) is 8.92. The number of aliphatic carboxylic acids is 1. The van der Waals surface area contributed by atoms with Gasteiger partial charge < -0.3 is 10.0 Å². The first kappa shape index (κ1) is 19.3. The van der Waals surface area contributed by atoms with Crippen LogP contribution in [0.5, 0.6) is 0 Å². The molecule has 2 aromatic rings. The monoisotopic (exact) mass is 377 g/mol. The number of carboxylic acids is 1. The highest BCUT2D eigenvalue weighted by Gasteiger charge is 2.22. The maximum absolute atomic E-state index is 11.7. The molecule has 2 aromatic carbocycles. The predicted octanol–water partition coefficient (Wildman–Crippen LogP) is 4.81. The standard InChI is InChI=1S/C19H20ClNO3S/c1-21(2)19(24)25-17(18(22)23)12-9-13-7-10-14(11-8-13)15-5-3-4-6-16(15)20/h3-8,10-11,17H,9,12H2,1-2H3,(H,22,23). The molecule has 0 saturated carbocycles. The first-order valence-electron chi connectivity index (χ1n) is 7.83. The molecule has 1 unspecified atom stereocenters. The smallest absolute Gasteiger partial charge is 0.317 e. The first-order chi connectivity index (χ1) is 11.9. The molecule has 0 aliphatic carbocycles. The van der Waals surface area contributed by atoms with Gasteiger partial charge in [0.25, 0.3) is 5.24 Å². The molecule has 0 saturated heterocycles. The number of benzene rings is 2. The number of thioether (sulfide) groups is 1. The lowest BCUT2D eigenvalue weighted by molar-refractivity contribution is -0.136. The molecule has 0 fully saturated rings. The highest BCUT2D eigenvalue weighted by molar-refractivity contribution is 8.14. The summed E-state index contributed by atoms with van der Waals surface area (Å²) >= 11 is 7.06. The van der Waals surface area contributed by atoms with E-state index in [1.807, 2.05) is 48.5 Å². The van der Waals surface area contributed by atoms with Gasteiger partial charge in [-0.15, -0.1) is 0 Å². The van der Waals surface area contributed by atoms with Crippen LogP contribution in [0.15, 0.2) is 48.5 Å². The summed E-state index contributed by atoms with van der Waals surface area (Å²) < 4.78 is 0. The van der Waals surface area contributed by atoms with Crippen LogP contribution in [0.1, 0.15) is 12.0 Å². The van der Waals surface area contributed by atoms with E-state index in [4.69, 9.17) is 11.6 Å². The number of nitrogens with zero attached hydrogens (tertiary/aromatic N) is 1. The van der Waals surface area contributed by atoms with Crippen molar-refractivity contribution in [3.63, 3.8) is 0 Å². The molecule has 1 N–H and O–H groups in total. The molecule has 0 bridgehead atoms.